The Morgan fingerprint density at radius 3 is 3.00 bits per heavy atom. The van der Waals surface area contributed by atoms with E-state index < -0.39 is 5.56 Å². The van der Waals surface area contributed by atoms with Crippen LogP contribution >= 0.6 is 0 Å². The van der Waals surface area contributed by atoms with Crippen LogP contribution in [-0.4, -0.2) is 23.6 Å². The van der Waals surface area contributed by atoms with Gasteiger partial charge in [0, 0.05) is 0 Å². The zero-order chi connectivity index (χ0) is 15.3. The molecule has 1 aliphatic rings. The average molecular weight is 301 g/mol. The number of aromatic nitrogens is 2. The second-order valence-corrected chi connectivity index (χ2v) is 4.63. The molecule has 0 amide bonds. The fraction of sp³-hybridized carbons (Fsp3) is 0.143. The Morgan fingerprint density at radius 1 is 1.41 bits per heavy atom. The quantitative estimate of drug-likeness (QED) is 0.707. The number of nitrogens with two attached hydrogens (primary N) is 1. The van der Waals surface area contributed by atoms with Gasteiger partial charge in [0.15, 0.2) is 23.1 Å². The molecule has 112 valence electrons. The minimum absolute atomic E-state index is 0.0594. The third-order valence-electron chi connectivity index (χ3n) is 3.43. The number of methoxy groups -OCH3 is 1. The van der Waals surface area contributed by atoms with Gasteiger partial charge < -0.3 is 24.5 Å². The van der Waals surface area contributed by atoms with E-state index in [-0.39, 0.29) is 18.0 Å². The van der Waals surface area contributed by atoms with Crippen LogP contribution in [0.25, 0.3) is 22.5 Å². The van der Waals surface area contributed by atoms with Crippen LogP contribution in [0, 0.1) is 0 Å². The molecule has 4 rings (SSSR count). The maximum Gasteiger partial charge on any atom is 0.280 e. The van der Waals surface area contributed by atoms with Gasteiger partial charge in [-0.2, -0.15) is 0 Å². The van der Waals surface area contributed by atoms with Gasteiger partial charge >= 0.3 is 0 Å². The van der Waals surface area contributed by atoms with Crippen LogP contribution in [0.15, 0.2) is 33.7 Å². The highest BCUT2D eigenvalue weighted by Gasteiger charge is 2.26. The van der Waals surface area contributed by atoms with E-state index in [2.05, 4.69) is 4.98 Å². The lowest BCUT2D eigenvalue weighted by Gasteiger charge is -2.11. The van der Waals surface area contributed by atoms with Gasteiger partial charge in [0.2, 0.25) is 12.5 Å². The Hall–Kier alpha value is -3.16. The summed E-state index contributed by atoms with van der Waals surface area (Å²) in [6.07, 6.45) is 1.47. The molecule has 1 aromatic carbocycles. The van der Waals surface area contributed by atoms with E-state index >= 15 is 0 Å². The van der Waals surface area contributed by atoms with E-state index in [0.717, 1.165) is 4.68 Å². The molecule has 1 aliphatic heterocycles. The molecule has 0 aliphatic carbocycles. The molecule has 0 radical (unpaired) electrons. The molecule has 8 heteroatoms. The van der Waals surface area contributed by atoms with Crippen molar-refractivity contribution in [2.24, 2.45) is 0 Å². The molecular weight excluding hydrogens is 290 g/mol. The van der Waals surface area contributed by atoms with Crippen molar-refractivity contribution in [2.45, 2.75) is 0 Å². The van der Waals surface area contributed by atoms with Crippen LogP contribution < -0.4 is 25.6 Å². The average Bonchev–Trinajstić information content (AvgIpc) is 3.19. The van der Waals surface area contributed by atoms with E-state index in [1.807, 2.05) is 0 Å². The Morgan fingerprint density at radius 2 is 2.27 bits per heavy atom. The van der Waals surface area contributed by atoms with Gasteiger partial charge in [-0.05, 0) is 18.2 Å². The van der Waals surface area contributed by atoms with Crippen LogP contribution in [0.2, 0.25) is 0 Å². The van der Waals surface area contributed by atoms with Crippen LogP contribution in [0.1, 0.15) is 0 Å². The number of fused-ring (bicyclic) bond motifs is 2. The van der Waals surface area contributed by atoms with E-state index in [4.69, 9.17) is 24.5 Å². The summed E-state index contributed by atoms with van der Waals surface area (Å²) in [4.78, 5) is 16.9. The molecule has 2 N–H and O–H groups in total. The minimum Gasteiger partial charge on any atom is -0.491 e. The van der Waals surface area contributed by atoms with Gasteiger partial charge in [-0.1, -0.05) is 0 Å². The SMILES string of the molecule is COc1c2c(cc3c(=O)n(N)c(-c4ccco4)nc13)OCO2. The van der Waals surface area contributed by atoms with Gasteiger partial charge in [0.05, 0.1) is 18.8 Å². The number of furan rings is 1. The minimum atomic E-state index is -0.437. The lowest BCUT2D eigenvalue weighted by molar-refractivity contribution is 0.171. The molecule has 22 heavy (non-hydrogen) atoms. The van der Waals surface area contributed by atoms with Gasteiger partial charge in [-0.25, -0.2) is 9.66 Å². The zero-order valence-electron chi connectivity index (χ0n) is 11.5. The van der Waals surface area contributed by atoms with Crippen molar-refractivity contribution in [3.8, 4) is 28.8 Å². The lowest BCUT2D eigenvalue weighted by Crippen LogP contribution is -2.29. The number of nitrogen functional groups attached to an aromatic ring is 1. The molecule has 3 aromatic rings. The summed E-state index contributed by atoms with van der Waals surface area (Å²) in [6, 6.07) is 4.89. The highest BCUT2D eigenvalue weighted by atomic mass is 16.7. The maximum atomic E-state index is 12.5. The van der Waals surface area contributed by atoms with Gasteiger partial charge in [-0.3, -0.25) is 4.79 Å². The predicted molar refractivity (Wildman–Crippen MR) is 76.5 cm³/mol. The second kappa shape index (κ2) is 4.42. The Balaban J connectivity index is 2.13. The maximum absolute atomic E-state index is 12.5. The number of rotatable bonds is 2. The summed E-state index contributed by atoms with van der Waals surface area (Å²) in [5.41, 5.74) is -0.0992. The highest BCUT2D eigenvalue weighted by molar-refractivity contribution is 5.90. The molecule has 0 saturated carbocycles. The topological polar surface area (TPSA) is 102 Å². The predicted octanol–water partition coefficient (Wildman–Crippen LogP) is 1.11. The Bertz CT molecular complexity index is 930. The van der Waals surface area contributed by atoms with Gasteiger partial charge in [-0.15, -0.1) is 0 Å². The fourth-order valence-corrected chi connectivity index (χ4v) is 2.43. The van der Waals surface area contributed by atoms with Crippen molar-refractivity contribution in [3.05, 3.63) is 34.8 Å². The summed E-state index contributed by atoms with van der Waals surface area (Å²) in [6.45, 7) is 0.0594. The first kappa shape index (κ1) is 12.6. The number of benzene rings is 1. The molecule has 0 fully saturated rings. The number of hydrogen-bond donors (Lipinski definition) is 1. The van der Waals surface area contributed by atoms with Crippen molar-refractivity contribution in [1.82, 2.24) is 9.66 Å². The van der Waals surface area contributed by atoms with Gasteiger partial charge in [0.25, 0.3) is 5.56 Å². The lowest BCUT2D eigenvalue weighted by atomic mass is 10.2. The molecule has 0 atom stereocenters. The van der Waals surface area contributed by atoms with Crippen LogP contribution in [-0.2, 0) is 0 Å². The molecule has 0 unspecified atom stereocenters. The molecule has 0 spiro atoms. The summed E-state index contributed by atoms with van der Waals surface area (Å²) >= 11 is 0. The van der Waals surface area contributed by atoms with Crippen LogP contribution in [0.4, 0.5) is 0 Å². The number of hydrogen-bond acceptors (Lipinski definition) is 7. The Kier molecular flexibility index (Phi) is 2.52. The first-order chi connectivity index (χ1) is 10.7. The molecule has 0 saturated heterocycles. The summed E-state index contributed by atoms with van der Waals surface area (Å²) < 4.78 is 22.2. The Labute approximate surface area is 123 Å². The first-order valence-electron chi connectivity index (χ1n) is 6.43. The third-order valence-corrected chi connectivity index (χ3v) is 3.43. The second-order valence-electron chi connectivity index (χ2n) is 4.63. The standard InChI is InChI=1S/C14H11N3O5/c1-19-12-10-7(5-9-11(12)22-6-21-9)14(18)17(15)13(16-10)8-3-2-4-20-8/h2-5H,6,15H2,1H3. The van der Waals surface area contributed by atoms with Gasteiger partial charge in [0.1, 0.15) is 5.52 Å². The summed E-state index contributed by atoms with van der Waals surface area (Å²) in [7, 11) is 1.47. The van der Waals surface area contributed by atoms with E-state index in [1.165, 1.54) is 13.4 Å². The van der Waals surface area contributed by atoms with E-state index in [9.17, 15) is 4.79 Å². The monoisotopic (exact) mass is 301 g/mol. The zero-order valence-corrected chi connectivity index (χ0v) is 11.5. The fourth-order valence-electron chi connectivity index (χ4n) is 2.43. The highest BCUT2D eigenvalue weighted by Crippen LogP contribution is 2.44. The van der Waals surface area contributed by atoms with Crippen molar-refractivity contribution in [1.29, 1.82) is 0 Å². The van der Waals surface area contributed by atoms with Crippen molar-refractivity contribution >= 4 is 10.9 Å². The molecular formula is C14H11N3O5. The van der Waals surface area contributed by atoms with Crippen molar-refractivity contribution < 1.29 is 18.6 Å². The largest absolute Gasteiger partial charge is 0.491 e. The molecule has 2 aromatic heterocycles. The molecule has 8 nitrogen and oxygen atoms in total. The third kappa shape index (κ3) is 1.57. The normalized spacial score (nSPS) is 12.8. The first-order valence-corrected chi connectivity index (χ1v) is 6.43. The molecule has 3 heterocycles. The van der Waals surface area contributed by atoms with Crippen LogP contribution in [0.3, 0.4) is 0 Å². The van der Waals surface area contributed by atoms with Crippen molar-refractivity contribution in [2.75, 3.05) is 19.7 Å². The smallest absolute Gasteiger partial charge is 0.280 e. The number of ether oxygens (including phenoxy) is 3. The number of nitrogens with zero attached hydrogens (tertiary/aromatic N) is 2. The van der Waals surface area contributed by atoms with Crippen molar-refractivity contribution in [3.63, 3.8) is 0 Å². The van der Waals surface area contributed by atoms with E-state index in [0.29, 0.717) is 28.5 Å². The van der Waals surface area contributed by atoms with E-state index in [1.54, 1.807) is 18.2 Å². The summed E-state index contributed by atoms with van der Waals surface area (Å²) in [5, 5.41) is 0.277. The summed E-state index contributed by atoms with van der Waals surface area (Å²) in [5.74, 6) is 7.59. The van der Waals surface area contributed by atoms with Crippen LogP contribution in [0.5, 0.6) is 17.2 Å². The molecule has 0 bridgehead atoms.